The molecule has 2 aliphatic heterocycles. The Labute approximate surface area is 310 Å². The first kappa shape index (κ1) is 39.0. The Morgan fingerprint density at radius 3 is 2.08 bits per heavy atom. The van der Waals surface area contributed by atoms with Crippen LogP contribution in [0.3, 0.4) is 0 Å². The lowest BCUT2D eigenvalue weighted by Gasteiger charge is -2.39. The van der Waals surface area contributed by atoms with Gasteiger partial charge in [0, 0.05) is 49.5 Å². The standard InChI is InChI=1S/C35H43Cl2N5O7S2/c1-6-49-30-22-24(2)31(51(46,47)39(3)48-4)23-29(30)34-38-32(25-8-12-27(36)13-9-25)33(26-10-14-28(37)15-11-26)42(34)35(43)41-19-17-40(18-20-41)16-7-21-50(5,44)45/h8-15,22-23,32-33H,6-7,16-21H2,1-5H3/t32-,33+/m0/s1. The summed E-state index contributed by atoms with van der Waals surface area (Å²) in [7, 11) is -4.61. The molecule has 0 aromatic heterocycles. The van der Waals surface area contributed by atoms with Crippen LogP contribution in [0.15, 0.2) is 70.6 Å². The molecule has 0 radical (unpaired) electrons. The van der Waals surface area contributed by atoms with Gasteiger partial charge < -0.3 is 9.64 Å². The van der Waals surface area contributed by atoms with Crippen LogP contribution < -0.4 is 4.74 Å². The Morgan fingerprint density at radius 1 is 0.941 bits per heavy atom. The number of amides is 2. The van der Waals surface area contributed by atoms with Crippen LogP contribution in [0.1, 0.15) is 47.7 Å². The summed E-state index contributed by atoms with van der Waals surface area (Å²) < 4.78 is 57.5. The highest BCUT2D eigenvalue weighted by molar-refractivity contribution is 7.90. The van der Waals surface area contributed by atoms with Crippen molar-refractivity contribution in [1.82, 2.24) is 19.2 Å². The molecule has 0 unspecified atom stereocenters. The molecular formula is C35H43Cl2N5O7S2. The molecule has 0 bridgehead atoms. The third-order valence-corrected chi connectivity index (χ3v) is 12.4. The molecule has 1 fully saturated rings. The quantitative estimate of drug-likeness (QED) is 0.218. The van der Waals surface area contributed by atoms with Gasteiger partial charge in [0.2, 0.25) is 0 Å². The van der Waals surface area contributed by atoms with Gasteiger partial charge in [-0.05, 0) is 79.9 Å². The molecular weight excluding hydrogens is 737 g/mol. The molecule has 0 saturated carbocycles. The van der Waals surface area contributed by atoms with Crippen LogP contribution in [0.5, 0.6) is 5.75 Å². The van der Waals surface area contributed by atoms with E-state index in [9.17, 15) is 21.6 Å². The van der Waals surface area contributed by atoms with Crippen LogP contribution in [-0.2, 0) is 24.7 Å². The fourth-order valence-electron chi connectivity index (χ4n) is 6.35. The zero-order valence-electron chi connectivity index (χ0n) is 29.3. The second-order valence-corrected chi connectivity index (χ2v) is 17.6. The molecule has 276 valence electrons. The number of sulfone groups is 1. The minimum atomic E-state index is -4.11. The number of hydroxylamine groups is 1. The van der Waals surface area contributed by atoms with Crippen LogP contribution in [0.2, 0.25) is 10.0 Å². The Hall–Kier alpha value is -3.24. The lowest BCUT2D eigenvalue weighted by atomic mass is 9.93. The summed E-state index contributed by atoms with van der Waals surface area (Å²) in [5.41, 5.74) is 2.31. The van der Waals surface area contributed by atoms with Crippen molar-refractivity contribution in [3.8, 4) is 5.75 Å². The molecule has 12 nitrogen and oxygen atoms in total. The van der Waals surface area contributed by atoms with E-state index in [1.165, 1.54) is 26.5 Å². The van der Waals surface area contributed by atoms with E-state index in [1.807, 2.05) is 31.2 Å². The lowest BCUT2D eigenvalue weighted by Crippen LogP contribution is -2.54. The van der Waals surface area contributed by atoms with Gasteiger partial charge in [0.25, 0.3) is 10.0 Å². The molecule has 3 aromatic carbocycles. The first-order valence-electron chi connectivity index (χ1n) is 16.5. The molecule has 2 atom stereocenters. The predicted molar refractivity (Wildman–Crippen MR) is 199 cm³/mol. The number of sulfonamides is 1. The monoisotopic (exact) mass is 779 g/mol. The number of carbonyl (C=O) groups excluding carboxylic acids is 1. The zero-order chi connectivity index (χ0) is 37.1. The van der Waals surface area contributed by atoms with Crippen molar-refractivity contribution in [3.63, 3.8) is 0 Å². The van der Waals surface area contributed by atoms with Crippen molar-refractivity contribution in [3.05, 3.63) is 93.0 Å². The topological polar surface area (TPSA) is 129 Å². The number of hydrogen-bond donors (Lipinski definition) is 0. The van der Waals surface area contributed by atoms with Gasteiger partial charge in [-0.25, -0.2) is 21.6 Å². The Bertz CT molecular complexity index is 1970. The van der Waals surface area contributed by atoms with Gasteiger partial charge in [-0.2, -0.15) is 0 Å². The Morgan fingerprint density at radius 2 is 1.53 bits per heavy atom. The number of benzene rings is 3. The number of piperazine rings is 1. The smallest absolute Gasteiger partial charge is 0.326 e. The van der Waals surface area contributed by atoms with E-state index >= 15 is 0 Å². The molecule has 2 aliphatic rings. The molecule has 0 aliphatic carbocycles. The Kier molecular flexibility index (Phi) is 12.4. The van der Waals surface area contributed by atoms with Crippen LogP contribution in [0.25, 0.3) is 0 Å². The van der Waals surface area contributed by atoms with E-state index < -0.39 is 31.9 Å². The summed E-state index contributed by atoms with van der Waals surface area (Å²) in [5.74, 6) is 0.717. The number of aryl methyl sites for hydroxylation is 1. The predicted octanol–water partition coefficient (Wildman–Crippen LogP) is 5.60. The van der Waals surface area contributed by atoms with E-state index in [-0.39, 0.29) is 29.1 Å². The maximum atomic E-state index is 14.9. The number of nitrogens with zero attached hydrogens (tertiary/aromatic N) is 5. The number of aliphatic imine (C=N–C) groups is 1. The van der Waals surface area contributed by atoms with E-state index in [0.29, 0.717) is 66.1 Å². The number of rotatable bonds is 12. The average molecular weight is 781 g/mol. The summed E-state index contributed by atoms with van der Waals surface area (Å²) in [4.78, 5) is 30.7. The van der Waals surface area contributed by atoms with Crippen molar-refractivity contribution in [2.45, 2.75) is 37.2 Å². The minimum absolute atomic E-state index is 0.0268. The summed E-state index contributed by atoms with van der Waals surface area (Å²) in [6.07, 6.45) is 1.74. The van der Waals surface area contributed by atoms with Gasteiger partial charge in [-0.3, -0.25) is 19.6 Å². The molecule has 3 aromatic rings. The fourth-order valence-corrected chi connectivity index (χ4v) is 8.46. The summed E-state index contributed by atoms with van der Waals surface area (Å²) in [6.45, 7) is 6.28. The van der Waals surface area contributed by atoms with Gasteiger partial charge in [0.15, 0.2) is 0 Å². The molecule has 5 rings (SSSR count). The highest BCUT2D eigenvalue weighted by Gasteiger charge is 2.45. The first-order valence-corrected chi connectivity index (χ1v) is 20.8. The van der Waals surface area contributed by atoms with Gasteiger partial charge in [0.05, 0.1) is 36.0 Å². The van der Waals surface area contributed by atoms with Crippen LogP contribution >= 0.6 is 23.2 Å². The maximum absolute atomic E-state index is 14.9. The maximum Gasteiger partial charge on any atom is 0.326 e. The third-order valence-electron chi connectivity index (χ3n) is 9.02. The summed E-state index contributed by atoms with van der Waals surface area (Å²) in [5, 5.41) is 1.07. The van der Waals surface area contributed by atoms with Crippen LogP contribution in [0.4, 0.5) is 4.79 Å². The van der Waals surface area contributed by atoms with Crippen molar-refractivity contribution < 1.29 is 31.2 Å². The first-order chi connectivity index (χ1) is 24.1. The van der Waals surface area contributed by atoms with Crippen LogP contribution in [-0.4, -0.2) is 113 Å². The SMILES string of the molecule is CCOc1cc(C)c(S(=O)(=O)N(C)OC)cc1C1=N[C@@H](c2ccc(Cl)cc2)[C@@H](c2ccc(Cl)cc2)N1C(=O)N1CCN(CCCS(C)(=O)=O)CC1. The second kappa shape index (κ2) is 16.2. The summed E-state index contributed by atoms with van der Waals surface area (Å²) >= 11 is 12.6. The minimum Gasteiger partial charge on any atom is -0.493 e. The lowest BCUT2D eigenvalue weighted by molar-refractivity contribution is -0.0259. The Balaban J connectivity index is 1.64. The van der Waals surface area contributed by atoms with E-state index in [0.717, 1.165) is 15.6 Å². The van der Waals surface area contributed by atoms with Crippen molar-refractivity contribution in [1.29, 1.82) is 0 Å². The van der Waals surface area contributed by atoms with Crippen LogP contribution in [0, 0.1) is 6.92 Å². The molecule has 0 spiro atoms. The van der Waals surface area contributed by atoms with Gasteiger partial charge in [0.1, 0.15) is 27.5 Å². The molecule has 51 heavy (non-hydrogen) atoms. The normalized spacial score (nSPS) is 18.7. The zero-order valence-corrected chi connectivity index (χ0v) is 32.4. The fraction of sp³-hybridized carbons (Fsp3) is 0.429. The summed E-state index contributed by atoms with van der Waals surface area (Å²) in [6, 6.07) is 16.0. The van der Waals surface area contributed by atoms with Crippen molar-refractivity contribution in [2.75, 3.05) is 65.5 Å². The van der Waals surface area contributed by atoms with Gasteiger partial charge in [-0.1, -0.05) is 51.9 Å². The van der Waals surface area contributed by atoms with Crippen molar-refractivity contribution in [2.24, 2.45) is 4.99 Å². The second-order valence-electron chi connectivity index (χ2n) is 12.6. The van der Waals surface area contributed by atoms with Gasteiger partial charge in [-0.15, -0.1) is 0 Å². The van der Waals surface area contributed by atoms with E-state index in [2.05, 4.69) is 4.90 Å². The van der Waals surface area contributed by atoms with Crippen molar-refractivity contribution >= 4 is 54.9 Å². The average Bonchev–Trinajstić information content (AvgIpc) is 3.48. The highest BCUT2D eigenvalue weighted by Crippen LogP contribution is 2.46. The number of halogens is 2. The molecule has 0 N–H and O–H groups in total. The highest BCUT2D eigenvalue weighted by atomic mass is 35.5. The molecule has 16 heteroatoms. The number of hydrogen-bond acceptors (Lipinski definition) is 9. The van der Waals surface area contributed by atoms with E-state index in [4.69, 9.17) is 37.8 Å². The molecule has 2 amide bonds. The van der Waals surface area contributed by atoms with E-state index in [1.54, 1.807) is 47.1 Å². The third kappa shape index (κ3) is 8.87. The molecule has 2 heterocycles. The number of amidine groups is 1. The largest absolute Gasteiger partial charge is 0.493 e. The molecule has 1 saturated heterocycles. The van der Waals surface area contributed by atoms with Gasteiger partial charge >= 0.3 is 6.03 Å². The number of carbonyl (C=O) groups is 1. The number of urea groups is 1. The number of ether oxygens (including phenoxy) is 1.